The van der Waals surface area contributed by atoms with E-state index in [4.69, 9.17) is 4.74 Å². The lowest BCUT2D eigenvalue weighted by atomic mass is 10.3. The summed E-state index contributed by atoms with van der Waals surface area (Å²) in [4.78, 5) is 0. The van der Waals surface area contributed by atoms with Crippen molar-refractivity contribution in [3.8, 4) is 0 Å². The summed E-state index contributed by atoms with van der Waals surface area (Å²) in [6.45, 7) is 7.74. The van der Waals surface area contributed by atoms with Crippen LogP contribution in [0.2, 0.25) is 0 Å². The van der Waals surface area contributed by atoms with Crippen LogP contribution >= 0.6 is 0 Å². The van der Waals surface area contributed by atoms with E-state index in [1.165, 1.54) is 5.57 Å². The van der Waals surface area contributed by atoms with Crippen molar-refractivity contribution in [1.29, 1.82) is 0 Å². The summed E-state index contributed by atoms with van der Waals surface area (Å²) in [7, 11) is 0. The highest BCUT2D eigenvalue weighted by atomic mass is 16.5. The van der Waals surface area contributed by atoms with Gasteiger partial charge in [0.2, 0.25) is 0 Å². The van der Waals surface area contributed by atoms with E-state index in [9.17, 15) is 0 Å². The molecule has 0 radical (unpaired) electrons. The molecule has 0 aliphatic carbocycles. The van der Waals surface area contributed by atoms with Crippen molar-refractivity contribution in [2.75, 3.05) is 13.2 Å². The number of hydrogen-bond acceptors (Lipinski definition) is 2. The first kappa shape index (κ1) is 10.1. The smallest absolute Gasteiger partial charge is 0.0845 e. The summed E-state index contributed by atoms with van der Waals surface area (Å²) >= 11 is 0. The molecule has 2 heteroatoms. The molecule has 2 nitrogen and oxygen atoms in total. The van der Waals surface area contributed by atoms with Gasteiger partial charge in [-0.15, -0.1) is 0 Å². The minimum Gasteiger partial charge on any atom is -0.501 e. The highest BCUT2D eigenvalue weighted by Gasteiger charge is 1.78. The summed E-state index contributed by atoms with van der Waals surface area (Å²) in [5.74, 6) is 0. The molecule has 0 atom stereocenters. The first-order valence-corrected chi connectivity index (χ1v) is 3.99. The van der Waals surface area contributed by atoms with Crippen LogP contribution in [0.3, 0.4) is 0 Å². The molecule has 0 aromatic heterocycles. The van der Waals surface area contributed by atoms with Gasteiger partial charge in [0.15, 0.2) is 0 Å². The monoisotopic (exact) mass is 155 g/mol. The van der Waals surface area contributed by atoms with Gasteiger partial charge >= 0.3 is 0 Å². The molecule has 0 saturated carbocycles. The van der Waals surface area contributed by atoms with Crippen molar-refractivity contribution in [2.24, 2.45) is 0 Å². The molecule has 0 saturated heterocycles. The van der Waals surface area contributed by atoms with Crippen LogP contribution in [-0.4, -0.2) is 13.2 Å². The van der Waals surface area contributed by atoms with E-state index in [1.807, 2.05) is 26.1 Å². The largest absolute Gasteiger partial charge is 0.501 e. The fraction of sp³-hybridized carbons (Fsp3) is 0.556. The molecular weight excluding hydrogens is 138 g/mol. The Morgan fingerprint density at radius 3 is 2.73 bits per heavy atom. The summed E-state index contributed by atoms with van der Waals surface area (Å²) in [6.07, 6.45) is 5.62. The van der Waals surface area contributed by atoms with E-state index in [-0.39, 0.29) is 0 Å². The molecule has 64 valence electrons. The minimum atomic E-state index is 0.727. The first-order valence-electron chi connectivity index (χ1n) is 3.99. The lowest BCUT2D eigenvalue weighted by Gasteiger charge is -1.95. The molecule has 0 spiro atoms. The number of hydrogen-bond donors (Lipinski definition) is 1. The van der Waals surface area contributed by atoms with Gasteiger partial charge in [0.05, 0.1) is 12.9 Å². The quantitative estimate of drug-likeness (QED) is 0.484. The lowest BCUT2D eigenvalue weighted by molar-refractivity contribution is 0.269. The molecule has 1 N–H and O–H groups in total. The molecule has 0 fully saturated rings. The fourth-order valence-electron chi connectivity index (χ4n) is 0.563. The summed E-state index contributed by atoms with van der Waals surface area (Å²) in [6, 6.07) is 0. The molecule has 0 aliphatic heterocycles. The molecule has 0 rings (SSSR count). The molecule has 0 bridgehead atoms. The molecule has 0 aromatic carbocycles. The zero-order valence-corrected chi connectivity index (χ0v) is 7.55. The Balaban J connectivity index is 3.56. The third-order valence-corrected chi connectivity index (χ3v) is 1.13. The third kappa shape index (κ3) is 6.97. The van der Waals surface area contributed by atoms with E-state index < -0.39 is 0 Å². The zero-order chi connectivity index (χ0) is 8.53. The highest BCUT2D eigenvalue weighted by Crippen LogP contribution is 1.92. The van der Waals surface area contributed by atoms with Gasteiger partial charge in [-0.2, -0.15) is 0 Å². The maximum Gasteiger partial charge on any atom is 0.0845 e. The molecule has 0 heterocycles. The number of rotatable bonds is 5. The Kier molecular flexibility index (Phi) is 6.59. The Morgan fingerprint density at radius 2 is 2.18 bits per heavy atom. The Labute approximate surface area is 68.9 Å². The number of nitrogens with one attached hydrogen (secondary N) is 1. The predicted octanol–water partition coefficient (Wildman–Crippen LogP) is 2.05. The van der Waals surface area contributed by atoms with Crippen LogP contribution in [0.25, 0.3) is 0 Å². The van der Waals surface area contributed by atoms with Crippen LogP contribution in [0, 0.1) is 0 Å². The van der Waals surface area contributed by atoms with Crippen LogP contribution in [0.5, 0.6) is 0 Å². The Bertz CT molecular complexity index is 138. The average molecular weight is 155 g/mol. The van der Waals surface area contributed by atoms with Crippen LogP contribution in [0.1, 0.15) is 20.8 Å². The molecule has 0 aliphatic rings. The predicted molar refractivity (Wildman–Crippen MR) is 48.2 cm³/mol. The highest BCUT2D eigenvalue weighted by molar-refractivity contribution is 5.13. The van der Waals surface area contributed by atoms with Gasteiger partial charge in [0.1, 0.15) is 0 Å². The van der Waals surface area contributed by atoms with Crippen molar-refractivity contribution in [1.82, 2.24) is 5.32 Å². The fourth-order valence-corrected chi connectivity index (χ4v) is 0.563. The second kappa shape index (κ2) is 7.19. The van der Waals surface area contributed by atoms with E-state index >= 15 is 0 Å². The van der Waals surface area contributed by atoms with Crippen LogP contribution in [-0.2, 0) is 4.74 Å². The second-order valence-corrected chi connectivity index (χ2v) is 2.20. The topological polar surface area (TPSA) is 21.3 Å². The molecule has 0 amide bonds. The van der Waals surface area contributed by atoms with Crippen LogP contribution in [0.15, 0.2) is 24.1 Å². The van der Waals surface area contributed by atoms with Crippen molar-refractivity contribution in [3.05, 3.63) is 24.1 Å². The summed E-state index contributed by atoms with van der Waals surface area (Å²) in [5, 5.41) is 3.11. The van der Waals surface area contributed by atoms with E-state index in [0.29, 0.717) is 0 Å². The van der Waals surface area contributed by atoms with Crippen LogP contribution < -0.4 is 5.32 Å². The molecule has 11 heavy (non-hydrogen) atoms. The maximum atomic E-state index is 5.03. The minimum absolute atomic E-state index is 0.727. The standard InChI is InChI=1S/C9H17NO/c1-4-10-8-9(3)6-7-11-5-2/h6-8,10H,4-5H2,1-3H3/b7-6+,9-8+. The van der Waals surface area contributed by atoms with E-state index in [2.05, 4.69) is 12.2 Å². The van der Waals surface area contributed by atoms with Gasteiger partial charge in [-0.3, -0.25) is 0 Å². The van der Waals surface area contributed by atoms with Crippen molar-refractivity contribution in [2.45, 2.75) is 20.8 Å². The Morgan fingerprint density at radius 1 is 1.45 bits per heavy atom. The van der Waals surface area contributed by atoms with Gasteiger partial charge in [0.25, 0.3) is 0 Å². The van der Waals surface area contributed by atoms with Gasteiger partial charge in [-0.25, -0.2) is 0 Å². The second-order valence-electron chi connectivity index (χ2n) is 2.20. The lowest BCUT2D eigenvalue weighted by Crippen LogP contribution is -2.02. The zero-order valence-electron chi connectivity index (χ0n) is 7.55. The van der Waals surface area contributed by atoms with Gasteiger partial charge in [-0.05, 0) is 38.6 Å². The third-order valence-electron chi connectivity index (χ3n) is 1.13. The van der Waals surface area contributed by atoms with Crippen molar-refractivity contribution in [3.63, 3.8) is 0 Å². The number of allylic oxidation sites excluding steroid dienone is 2. The van der Waals surface area contributed by atoms with Gasteiger partial charge < -0.3 is 10.1 Å². The summed E-state index contributed by atoms with van der Waals surface area (Å²) in [5.41, 5.74) is 1.17. The molecule has 0 aromatic rings. The average Bonchev–Trinajstić information content (AvgIpc) is 2.01. The van der Waals surface area contributed by atoms with E-state index in [1.54, 1.807) is 6.26 Å². The van der Waals surface area contributed by atoms with Crippen molar-refractivity contribution >= 4 is 0 Å². The van der Waals surface area contributed by atoms with Crippen molar-refractivity contribution < 1.29 is 4.74 Å². The van der Waals surface area contributed by atoms with E-state index in [0.717, 1.165) is 13.2 Å². The Hall–Kier alpha value is -0.920. The van der Waals surface area contributed by atoms with Gasteiger partial charge in [-0.1, -0.05) is 0 Å². The van der Waals surface area contributed by atoms with Crippen LogP contribution in [0.4, 0.5) is 0 Å². The maximum absolute atomic E-state index is 5.03. The summed E-state index contributed by atoms with van der Waals surface area (Å²) < 4.78 is 5.03. The first-order chi connectivity index (χ1) is 5.31. The van der Waals surface area contributed by atoms with Gasteiger partial charge in [0, 0.05) is 6.54 Å². The molecule has 0 unspecified atom stereocenters. The SMILES string of the molecule is CCN/C=C(C)/C=C/OCC. The normalized spacial score (nSPS) is 12.1. The number of ether oxygens (including phenoxy) is 1. The molecular formula is C9H17NO.